The van der Waals surface area contributed by atoms with Crippen LogP contribution in [0.5, 0.6) is 5.75 Å². The summed E-state index contributed by atoms with van der Waals surface area (Å²) in [5, 5.41) is 3.38. The largest absolute Gasteiger partial charge is 0.486 e. The molecular weight excluding hydrogens is 207 g/mol. The Morgan fingerprint density at radius 3 is 2.75 bits per heavy atom. The van der Waals surface area contributed by atoms with E-state index >= 15 is 0 Å². The van der Waals surface area contributed by atoms with Gasteiger partial charge in [-0.1, -0.05) is 0 Å². The van der Waals surface area contributed by atoms with E-state index in [-0.39, 0.29) is 6.10 Å². The standard InChI is InChI=1S/C12H15FN2O/c13-12-11(2-1-3-15-12)16-10-4-8-6-14-7-9(8)5-10/h1-3,8-10,14H,4-7H2/t8-,9-/m1/s1. The average molecular weight is 222 g/mol. The number of pyridine rings is 1. The van der Waals surface area contributed by atoms with E-state index in [0.717, 1.165) is 25.9 Å². The van der Waals surface area contributed by atoms with E-state index in [1.165, 1.54) is 6.20 Å². The summed E-state index contributed by atoms with van der Waals surface area (Å²) in [7, 11) is 0. The van der Waals surface area contributed by atoms with Crippen LogP contribution in [0.25, 0.3) is 0 Å². The molecule has 86 valence electrons. The molecule has 1 aromatic rings. The fourth-order valence-corrected chi connectivity index (χ4v) is 2.85. The van der Waals surface area contributed by atoms with Crippen LogP contribution in [-0.4, -0.2) is 24.2 Å². The first-order chi connectivity index (χ1) is 7.83. The normalized spacial score (nSPS) is 29.3. The van der Waals surface area contributed by atoms with Crippen LogP contribution >= 0.6 is 0 Å². The molecule has 2 aliphatic rings. The van der Waals surface area contributed by atoms with Gasteiger partial charge in [-0.3, -0.25) is 0 Å². The zero-order valence-electron chi connectivity index (χ0n) is 9.03. The number of fused-ring (bicyclic) bond motifs is 1. The number of ether oxygens (including phenoxy) is 1. The molecule has 1 aromatic heterocycles. The van der Waals surface area contributed by atoms with E-state index in [4.69, 9.17) is 4.74 Å². The summed E-state index contributed by atoms with van der Waals surface area (Å²) in [6, 6.07) is 3.35. The van der Waals surface area contributed by atoms with Crippen LogP contribution in [-0.2, 0) is 0 Å². The minimum absolute atomic E-state index is 0.163. The second-order valence-corrected chi connectivity index (χ2v) is 4.68. The van der Waals surface area contributed by atoms with Crippen LogP contribution in [0.2, 0.25) is 0 Å². The van der Waals surface area contributed by atoms with Crippen LogP contribution in [0, 0.1) is 17.8 Å². The number of hydrogen-bond acceptors (Lipinski definition) is 3. The molecule has 16 heavy (non-hydrogen) atoms. The molecule has 2 atom stereocenters. The molecule has 0 radical (unpaired) electrons. The lowest BCUT2D eigenvalue weighted by molar-refractivity contribution is 0.188. The van der Waals surface area contributed by atoms with Gasteiger partial charge in [-0.15, -0.1) is 0 Å². The first kappa shape index (κ1) is 10.0. The molecule has 1 aliphatic carbocycles. The van der Waals surface area contributed by atoms with Crippen molar-refractivity contribution < 1.29 is 9.13 Å². The Kier molecular flexibility index (Phi) is 2.52. The van der Waals surface area contributed by atoms with E-state index in [0.29, 0.717) is 17.6 Å². The second-order valence-electron chi connectivity index (χ2n) is 4.68. The first-order valence-corrected chi connectivity index (χ1v) is 5.81. The average Bonchev–Trinajstić information content (AvgIpc) is 2.81. The molecule has 0 spiro atoms. The molecule has 1 aliphatic heterocycles. The number of nitrogens with zero attached hydrogens (tertiary/aromatic N) is 1. The van der Waals surface area contributed by atoms with Gasteiger partial charge in [0.15, 0.2) is 5.75 Å². The lowest BCUT2D eigenvalue weighted by Crippen LogP contribution is -2.19. The number of halogens is 1. The van der Waals surface area contributed by atoms with Crippen molar-refractivity contribution in [3.8, 4) is 5.75 Å². The molecule has 3 rings (SSSR count). The summed E-state index contributed by atoms with van der Waals surface area (Å²) < 4.78 is 19.0. The summed E-state index contributed by atoms with van der Waals surface area (Å²) in [5.74, 6) is 1.22. The van der Waals surface area contributed by atoms with Gasteiger partial charge in [0, 0.05) is 6.20 Å². The van der Waals surface area contributed by atoms with E-state index in [2.05, 4.69) is 10.3 Å². The highest BCUT2D eigenvalue weighted by Gasteiger charge is 2.38. The topological polar surface area (TPSA) is 34.1 Å². The van der Waals surface area contributed by atoms with E-state index in [9.17, 15) is 4.39 Å². The molecule has 2 fully saturated rings. The van der Waals surface area contributed by atoms with Crippen molar-refractivity contribution in [3.63, 3.8) is 0 Å². The molecule has 2 heterocycles. The van der Waals surface area contributed by atoms with E-state index in [1.807, 2.05) is 0 Å². The molecule has 0 bridgehead atoms. The Morgan fingerprint density at radius 1 is 1.31 bits per heavy atom. The fourth-order valence-electron chi connectivity index (χ4n) is 2.85. The van der Waals surface area contributed by atoms with Gasteiger partial charge < -0.3 is 10.1 Å². The van der Waals surface area contributed by atoms with Gasteiger partial charge >= 0.3 is 0 Å². The summed E-state index contributed by atoms with van der Waals surface area (Å²) in [6.07, 6.45) is 3.67. The highest BCUT2D eigenvalue weighted by atomic mass is 19.1. The van der Waals surface area contributed by atoms with Gasteiger partial charge in [-0.25, -0.2) is 4.98 Å². The van der Waals surface area contributed by atoms with Crippen LogP contribution in [0.1, 0.15) is 12.8 Å². The smallest absolute Gasteiger partial charge is 0.255 e. The zero-order valence-corrected chi connectivity index (χ0v) is 9.03. The number of rotatable bonds is 2. The van der Waals surface area contributed by atoms with Gasteiger partial charge in [0.1, 0.15) is 0 Å². The number of nitrogens with one attached hydrogen (secondary N) is 1. The minimum Gasteiger partial charge on any atom is -0.486 e. The third-order valence-electron chi connectivity index (χ3n) is 3.63. The van der Waals surface area contributed by atoms with Crippen molar-refractivity contribution in [1.82, 2.24) is 10.3 Å². The number of hydrogen-bond donors (Lipinski definition) is 1. The van der Waals surface area contributed by atoms with Crippen LogP contribution < -0.4 is 10.1 Å². The van der Waals surface area contributed by atoms with Crippen molar-refractivity contribution in [3.05, 3.63) is 24.3 Å². The third-order valence-corrected chi connectivity index (χ3v) is 3.63. The predicted molar refractivity (Wildman–Crippen MR) is 57.7 cm³/mol. The molecule has 1 N–H and O–H groups in total. The van der Waals surface area contributed by atoms with Crippen LogP contribution in [0.3, 0.4) is 0 Å². The highest BCUT2D eigenvalue weighted by Crippen LogP contribution is 2.36. The predicted octanol–water partition coefficient (Wildman–Crippen LogP) is 1.60. The van der Waals surface area contributed by atoms with Crippen molar-refractivity contribution in [2.75, 3.05) is 13.1 Å². The maximum Gasteiger partial charge on any atom is 0.255 e. The lowest BCUT2D eigenvalue weighted by atomic mass is 10.0. The molecule has 4 heteroatoms. The Balaban J connectivity index is 1.66. The molecular formula is C12H15FN2O. The Hall–Kier alpha value is -1.16. The number of aromatic nitrogens is 1. The maximum atomic E-state index is 13.3. The Morgan fingerprint density at radius 2 is 2.06 bits per heavy atom. The van der Waals surface area contributed by atoms with E-state index < -0.39 is 5.95 Å². The Labute approximate surface area is 94.0 Å². The van der Waals surface area contributed by atoms with Crippen molar-refractivity contribution in [2.45, 2.75) is 18.9 Å². The fraction of sp³-hybridized carbons (Fsp3) is 0.583. The van der Waals surface area contributed by atoms with E-state index in [1.54, 1.807) is 12.1 Å². The maximum absolute atomic E-state index is 13.3. The molecule has 3 nitrogen and oxygen atoms in total. The SMILES string of the molecule is Fc1ncccc1OC1C[C@@H]2CNC[C@H]2C1. The minimum atomic E-state index is -0.502. The summed E-state index contributed by atoms with van der Waals surface area (Å²) >= 11 is 0. The van der Waals surface area contributed by atoms with Crippen LogP contribution in [0.4, 0.5) is 4.39 Å². The van der Waals surface area contributed by atoms with Crippen LogP contribution in [0.15, 0.2) is 18.3 Å². The molecule has 1 saturated carbocycles. The van der Waals surface area contributed by atoms with Gasteiger partial charge in [0.05, 0.1) is 6.10 Å². The molecule has 0 unspecified atom stereocenters. The van der Waals surface area contributed by atoms with Crippen molar-refractivity contribution >= 4 is 0 Å². The zero-order chi connectivity index (χ0) is 11.0. The van der Waals surface area contributed by atoms with Gasteiger partial charge in [-0.2, -0.15) is 4.39 Å². The lowest BCUT2D eigenvalue weighted by Gasteiger charge is -2.14. The van der Waals surface area contributed by atoms with Crippen molar-refractivity contribution in [2.24, 2.45) is 11.8 Å². The highest BCUT2D eigenvalue weighted by molar-refractivity contribution is 5.18. The van der Waals surface area contributed by atoms with Gasteiger partial charge in [-0.05, 0) is 49.9 Å². The molecule has 0 aromatic carbocycles. The Bertz CT molecular complexity index is 373. The molecule has 1 saturated heterocycles. The quantitative estimate of drug-likeness (QED) is 0.772. The monoisotopic (exact) mass is 222 g/mol. The van der Waals surface area contributed by atoms with Crippen molar-refractivity contribution in [1.29, 1.82) is 0 Å². The summed E-state index contributed by atoms with van der Waals surface area (Å²) in [6.45, 7) is 2.17. The molecule has 0 amide bonds. The first-order valence-electron chi connectivity index (χ1n) is 5.81. The third kappa shape index (κ3) is 1.78. The van der Waals surface area contributed by atoms with Gasteiger partial charge in [0.2, 0.25) is 0 Å². The van der Waals surface area contributed by atoms with Gasteiger partial charge in [0.25, 0.3) is 5.95 Å². The second kappa shape index (κ2) is 4.01. The summed E-state index contributed by atoms with van der Waals surface area (Å²) in [4.78, 5) is 3.59. The summed E-state index contributed by atoms with van der Waals surface area (Å²) in [5.41, 5.74) is 0.